The average Bonchev–Trinajstić information content (AvgIpc) is 3.33. The molecule has 5 rings (SSSR count). The second-order valence-corrected chi connectivity index (χ2v) is 12.0. The minimum Gasteiger partial charge on any atom is -0.488 e. The first-order valence-corrected chi connectivity index (χ1v) is 14.1. The van der Waals surface area contributed by atoms with Gasteiger partial charge < -0.3 is 14.4 Å². The van der Waals surface area contributed by atoms with Crippen molar-refractivity contribution >= 4 is 26.6 Å². The van der Waals surface area contributed by atoms with Gasteiger partial charge in [-0.3, -0.25) is 9.78 Å². The molecule has 2 aliphatic rings. The number of carbonyl (C=O) groups is 1. The van der Waals surface area contributed by atoms with E-state index in [-0.39, 0.29) is 29.4 Å². The number of aryl methyl sites for hydroxylation is 2. The molecule has 1 unspecified atom stereocenters. The monoisotopic (exact) mass is 509 g/mol. The van der Waals surface area contributed by atoms with Gasteiger partial charge in [-0.1, -0.05) is 0 Å². The maximum absolute atomic E-state index is 13.0. The minimum absolute atomic E-state index is 0.0556. The quantitative estimate of drug-likeness (QED) is 0.517. The number of ether oxygens (including phenoxy) is 2. The fourth-order valence-corrected chi connectivity index (χ4v) is 6.78. The number of pyridine rings is 2. The third-order valence-corrected chi connectivity index (χ3v) is 9.02. The Morgan fingerprint density at radius 3 is 2.58 bits per heavy atom. The maximum atomic E-state index is 13.0. The number of amides is 1. The van der Waals surface area contributed by atoms with E-state index in [2.05, 4.69) is 16.0 Å². The molecule has 0 aliphatic carbocycles. The molecule has 0 saturated carbocycles. The van der Waals surface area contributed by atoms with Crippen molar-refractivity contribution in [3.63, 3.8) is 0 Å². The van der Waals surface area contributed by atoms with Crippen LogP contribution in [0.15, 0.2) is 36.7 Å². The molecule has 2 fully saturated rings. The standard InChI is InChI=1S/C27H31N3O5S/c1-17-14-20(15-29-26(17)34-3)22-6-10-28-23-4-5-24(18(2)25(22)23)35-21-7-11-30(16-21)27(31)19-8-12-36(32,33)13-9-19/h4-6,10,14-15,19,21H,7-9,11-13,16H2,1-3H3. The Labute approximate surface area is 211 Å². The molecule has 36 heavy (non-hydrogen) atoms. The van der Waals surface area contributed by atoms with Gasteiger partial charge in [0, 0.05) is 53.4 Å². The van der Waals surface area contributed by atoms with E-state index < -0.39 is 9.84 Å². The van der Waals surface area contributed by atoms with Gasteiger partial charge in [0.05, 0.1) is 30.7 Å². The van der Waals surface area contributed by atoms with E-state index in [4.69, 9.17) is 9.47 Å². The lowest BCUT2D eigenvalue weighted by molar-refractivity contribution is -0.135. The largest absolute Gasteiger partial charge is 0.488 e. The van der Waals surface area contributed by atoms with Crippen molar-refractivity contribution in [1.82, 2.24) is 14.9 Å². The third kappa shape index (κ3) is 4.76. The lowest BCUT2D eigenvalue weighted by Gasteiger charge is -2.26. The van der Waals surface area contributed by atoms with Crippen LogP contribution in [0.4, 0.5) is 0 Å². The molecule has 0 N–H and O–H groups in total. The minimum atomic E-state index is -2.99. The summed E-state index contributed by atoms with van der Waals surface area (Å²) in [7, 11) is -1.37. The van der Waals surface area contributed by atoms with Crippen molar-refractivity contribution in [2.45, 2.75) is 39.2 Å². The second-order valence-electron chi connectivity index (χ2n) is 9.73. The number of hydrogen-bond acceptors (Lipinski definition) is 7. The van der Waals surface area contributed by atoms with Crippen LogP contribution in [-0.4, -0.2) is 67.0 Å². The first-order valence-electron chi connectivity index (χ1n) is 12.3. The maximum Gasteiger partial charge on any atom is 0.225 e. The van der Waals surface area contributed by atoms with Gasteiger partial charge in [-0.05, 0) is 56.5 Å². The van der Waals surface area contributed by atoms with Gasteiger partial charge in [0.2, 0.25) is 11.8 Å². The predicted molar refractivity (Wildman–Crippen MR) is 138 cm³/mol. The zero-order valence-corrected chi connectivity index (χ0v) is 21.7. The summed E-state index contributed by atoms with van der Waals surface area (Å²) >= 11 is 0. The fourth-order valence-electron chi connectivity index (χ4n) is 5.29. The van der Waals surface area contributed by atoms with Crippen LogP contribution in [0.2, 0.25) is 0 Å². The zero-order valence-electron chi connectivity index (χ0n) is 20.9. The van der Waals surface area contributed by atoms with Crippen LogP contribution in [0.5, 0.6) is 11.6 Å². The van der Waals surface area contributed by atoms with E-state index in [1.807, 2.05) is 43.1 Å². The van der Waals surface area contributed by atoms with E-state index in [0.717, 1.165) is 45.3 Å². The van der Waals surface area contributed by atoms with Crippen molar-refractivity contribution in [1.29, 1.82) is 0 Å². The Morgan fingerprint density at radius 1 is 1.08 bits per heavy atom. The van der Waals surface area contributed by atoms with Gasteiger partial charge in [-0.2, -0.15) is 0 Å². The highest BCUT2D eigenvalue weighted by Gasteiger charge is 2.35. The van der Waals surface area contributed by atoms with Gasteiger partial charge in [-0.15, -0.1) is 0 Å². The van der Waals surface area contributed by atoms with Crippen molar-refractivity contribution in [2.24, 2.45) is 5.92 Å². The van der Waals surface area contributed by atoms with E-state index in [0.29, 0.717) is 31.8 Å². The summed E-state index contributed by atoms with van der Waals surface area (Å²) in [6.07, 6.45) is 5.08. The predicted octanol–water partition coefficient (Wildman–Crippen LogP) is 3.73. The number of nitrogens with zero attached hydrogens (tertiary/aromatic N) is 3. The summed E-state index contributed by atoms with van der Waals surface area (Å²) in [5, 5.41) is 1.01. The second kappa shape index (κ2) is 9.69. The van der Waals surface area contributed by atoms with Crippen LogP contribution in [0.25, 0.3) is 22.0 Å². The number of methoxy groups -OCH3 is 1. The molecule has 2 aromatic heterocycles. The molecule has 1 atom stereocenters. The number of fused-ring (bicyclic) bond motifs is 1. The van der Waals surface area contributed by atoms with Crippen LogP contribution in [-0.2, 0) is 14.6 Å². The van der Waals surface area contributed by atoms with Crippen LogP contribution in [0.3, 0.4) is 0 Å². The topological polar surface area (TPSA) is 98.7 Å². The van der Waals surface area contributed by atoms with E-state index in [1.165, 1.54) is 0 Å². The summed E-state index contributed by atoms with van der Waals surface area (Å²) in [5.74, 6) is 1.44. The van der Waals surface area contributed by atoms with Gasteiger partial charge >= 0.3 is 0 Å². The zero-order chi connectivity index (χ0) is 25.4. The molecule has 3 aromatic rings. The average molecular weight is 510 g/mol. The van der Waals surface area contributed by atoms with Crippen LogP contribution < -0.4 is 9.47 Å². The Balaban J connectivity index is 1.35. The molecule has 190 valence electrons. The highest BCUT2D eigenvalue weighted by molar-refractivity contribution is 7.91. The first kappa shape index (κ1) is 24.5. The van der Waals surface area contributed by atoms with Gasteiger partial charge in [0.1, 0.15) is 21.7 Å². The smallest absolute Gasteiger partial charge is 0.225 e. The molecule has 8 nitrogen and oxygen atoms in total. The number of carbonyl (C=O) groups excluding carboxylic acids is 1. The SMILES string of the molecule is COc1ncc(-c2ccnc3ccc(OC4CCN(C(=O)C5CCS(=O)(=O)CC5)C4)c(C)c23)cc1C. The molecule has 9 heteroatoms. The van der Waals surface area contributed by atoms with Crippen LogP contribution >= 0.6 is 0 Å². The van der Waals surface area contributed by atoms with Crippen molar-refractivity contribution in [2.75, 3.05) is 31.7 Å². The Hall–Kier alpha value is -3.20. The first-order chi connectivity index (χ1) is 17.3. The molecule has 1 amide bonds. The number of aromatic nitrogens is 2. The van der Waals surface area contributed by atoms with Gasteiger partial charge in [0.25, 0.3) is 0 Å². The van der Waals surface area contributed by atoms with E-state index in [1.54, 1.807) is 13.3 Å². The summed E-state index contributed by atoms with van der Waals surface area (Å²) < 4.78 is 35.2. The molecule has 0 spiro atoms. The summed E-state index contributed by atoms with van der Waals surface area (Å²) in [4.78, 5) is 23.8. The number of benzene rings is 1. The lowest BCUT2D eigenvalue weighted by atomic mass is 9.98. The number of likely N-dealkylation sites (tertiary alicyclic amines) is 1. The Bertz CT molecular complexity index is 1410. The van der Waals surface area contributed by atoms with E-state index >= 15 is 0 Å². The van der Waals surface area contributed by atoms with Gasteiger partial charge in [0.15, 0.2) is 0 Å². The third-order valence-electron chi connectivity index (χ3n) is 7.31. The summed E-state index contributed by atoms with van der Waals surface area (Å²) in [5.41, 5.74) is 4.83. The normalized spacial score (nSPS) is 20.0. The summed E-state index contributed by atoms with van der Waals surface area (Å²) in [6.45, 7) is 5.15. The molecular formula is C27H31N3O5S. The Kier molecular flexibility index (Phi) is 6.59. The van der Waals surface area contributed by atoms with Crippen molar-refractivity contribution in [3.05, 3.63) is 47.8 Å². The van der Waals surface area contributed by atoms with Crippen LogP contribution in [0.1, 0.15) is 30.4 Å². The molecule has 1 aromatic carbocycles. The Morgan fingerprint density at radius 2 is 1.86 bits per heavy atom. The fraction of sp³-hybridized carbons (Fsp3) is 0.444. The molecular weight excluding hydrogens is 478 g/mol. The van der Waals surface area contributed by atoms with Crippen molar-refractivity contribution in [3.8, 4) is 22.8 Å². The molecule has 4 heterocycles. The lowest BCUT2D eigenvalue weighted by Crippen LogP contribution is -2.39. The molecule has 2 saturated heterocycles. The number of sulfone groups is 1. The molecule has 0 bridgehead atoms. The highest BCUT2D eigenvalue weighted by Crippen LogP contribution is 2.36. The molecule has 0 radical (unpaired) electrons. The number of rotatable bonds is 5. The highest BCUT2D eigenvalue weighted by atomic mass is 32.2. The summed E-state index contributed by atoms with van der Waals surface area (Å²) in [6, 6.07) is 7.96. The van der Waals surface area contributed by atoms with E-state index in [9.17, 15) is 13.2 Å². The van der Waals surface area contributed by atoms with Crippen LogP contribution in [0, 0.1) is 19.8 Å². The molecule has 2 aliphatic heterocycles. The van der Waals surface area contributed by atoms with Crippen molar-refractivity contribution < 1.29 is 22.7 Å². The van der Waals surface area contributed by atoms with Gasteiger partial charge in [-0.25, -0.2) is 13.4 Å². The number of hydrogen-bond donors (Lipinski definition) is 0.